The molecule has 3 aromatic rings. The van der Waals surface area contributed by atoms with Crippen molar-refractivity contribution in [1.82, 2.24) is 4.98 Å². The van der Waals surface area contributed by atoms with E-state index in [1.165, 1.54) is 0 Å². The van der Waals surface area contributed by atoms with Crippen molar-refractivity contribution in [3.05, 3.63) is 47.5 Å². The zero-order chi connectivity index (χ0) is 17.1. The average Bonchev–Trinajstić information content (AvgIpc) is 2.99. The van der Waals surface area contributed by atoms with E-state index in [0.29, 0.717) is 22.0 Å². The van der Waals surface area contributed by atoms with Crippen molar-refractivity contribution < 1.29 is 9.21 Å². The molecule has 1 amide bonds. The third-order valence-electron chi connectivity index (χ3n) is 4.08. The normalized spacial score (nSPS) is 11.2. The fourth-order valence-electron chi connectivity index (χ4n) is 2.66. The van der Waals surface area contributed by atoms with Crippen LogP contribution in [0.25, 0.3) is 22.6 Å². The van der Waals surface area contributed by atoms with Crippen LogP contribution in [0.2, 0.25) is 5.02 Å². The van der Waals surface area contributed by atoms with Crippen molar-refractivity contribution in [3.8, 4) is 11.5 Å². The van der Waals surface area contributed by atoms with Crippen LogP contribution in [0.3, 0.4) is 0 Å². The van der Waals surface area contributed by atoms with Gasteiger partial charge in [0, 0.05) is 22.2 Å². The van der Waals surface area contributed by atoms with Gasteiger partial charge in [0.25, 0.3) is 0 Å². The molecule has 0 saturated heterocycles. The van der Waals surface area contributed by atoms with Crippen molar-refractivity contribution in [3.63, 3.8) is 0 Å². The number of nitrogens with one attached hydrogen (secondary N) is 1. The van der Waals surface area contributed by atoms with Crippen molar-refractivity contribution in [2.75, 3.05) is 5.32 Å². The Morgan fingerprint density at radius 3 is 2.75 bits per heavy atom. The highest BCUT2D eigenvalue weighted by molar-refractivity contribution is 6.31. The lowest BCUT2D eigenvalue weighted by atomic mass is 10.0. The van der Waals surface area contributed by atoms with Crippen molar-refractivity contribution in [1.29, 1.82) is 0 Å². The maximum Gasteiger partial charge on any atom is 0.227 e. The number of benzene rings is 2. The molecule has 24 heavy (non-hydrogen) atoms. The van der Waals surface area contributed by atoms with Gasteiger partial charge >= 0.3 is 0 Å². The van der Waals surface area contributed by atoms with E-state index in [9.17, 15) is 4.79 Å². The molecule has 0 atom stereocenters. The minimum absolute atomic E-state index is 0.0279. The summed E-state index contributed by atoms with van der Waals surface area (Å²) < 4.78 is 5.78. The Morgan fingerprint density at radius 1 is 1.21 bits per heavy atom. The van der Waals surface area contributed by atoms with Crippen LogP contribution in [0.4, 0.5) is 5.69 Å². The third kappa shape index (κ3) is 3.44. The predicted octanol–water partition coefficient (Wildman–Crippen LogP) is 5.52. The summed E-state index contributed by atoms with van der Waals surface area (Å²) in [6.45, 7) is 4.04. The number of hydrogen-bond acceptors (Lipinski definition) is 3. The van der Waals surface area contributed by atoms with Gasteiger partial charge in [-0.05, 0) is 49.2 Å². The molecule has 5 heteroatoms. The molecule has 1 heterocycles. The molecule has 3 rings (SSSR count). The Labute approximate surface area is 145 Å². The quantitative estimate of drug-likeness (QED) is 0.663. The Kier molecular flexibility index (Phi) is 4.86. The average molecular weight is 343 g/mol. The molecule has 1 N–H and O–H groups in total. The van der Waals surface area contributed by atoms with Gasteiger partial charge in [-0.15, -0.1) is 0 Å². The van der Waals surface area contributed by atoms with E-state index in [2.05, 4.69) is 10.3 Å². The lowest BCUT2D eigenvalue weighted by molar-refractivity contribution is -0.120. The van der Waals surface area contributed by atoms with Gasteiger partial charge in [0.05, 0.1) is 0 Å². The first kappa shape index (κ1) is 16.5. The third-order valence-corrected chi connectivity index (χ3v) is 4.32. The first-order valence-corrected chi connectivity index (χ1v) is 8.46. The summed E-state index contributed by atoms with van der Waals surface area (Å²) in [5.41, 5.74) is 2.94. The number of halogens is 1. The van der Waals surface area contributed by atoms with E-state index in [1.807, 2.05) is 38.1 Å². The number of amides is 1. The summed E-state index contributed by atoms with van der Waals surface area (Å²) in [5, 5.41) is 3.59. The summed E-state index contributed by atoms with van der Waals surface area (Å²) in [7, 11) is 0. The van der Waals surface area contributed by atoms with Gasteiger partial charge in [-0.2, -0.15) is 0 Å². The number of nitrogens with zero attached hydrogens (tertiary/aromatic N) is 1. The molecular formula is C19H19ClN2O2. The molecule has 1 aromatic heterocycles. The van der Waals surface area contributed by atoms with Crippen LogP contribution in [0.5, 0.6) is 0 Å². The van der Waals surface area contributed by atoms with Crippen LogP contribution < -0.4 is 5.32 Å². The van der Waals surface area contributed by atoms with Crippen molar-refractivity contribution in [2.24, 2.45) is 5.92 Å². The van der Waals surface area contributed by atoms with Crippen LogP contribution in [0.15, 0.2) is 46.9 Å². The Bertz CT molecular complexity index is 869. The van der Waals surface area contributed by atoms with Crippen LogP contribution in [-0.2, 0) is 4.79 Å². The first-order valence-electron chi connectivity index (χ1n) is 8.08. The number of carbonyl (C=O) groups is 1. The van der Waals surface area contributed by atoms with Crippen LogP contribution >= 0.6 is 11.6 Å². The zero-order valence-electron chi connectivity index (χ0n) is 13.7. The molecule has 4 nitrogen and oxygen atoms in total. The number of anilines is 1. The maximum absolute atomic E-state index is 12.2. The highest BCUT2D eigenvalue weighted by Gasteiger charge is 2.15. The smallest absolute Gasteiger partial charge is 0.227 e. The first-order chi connectivity index (χ1) is 11.6. The minimum Gasteiger partial charge on any atom is -0.436 e. The monoisotopic (exact) mass is 342 g/mol. The molecule has 0 unspecified atom stereocenters. The molecule has 0 aliphatic rings. The molecule has 0 spiro atoms. The minimum atomic E-state index is 0.0279. The summed E-state index contributed by atoms with van der Waals surface area (Å²) >= 11 is 5.98. The van der Waals surface area contributed by atoms with Gasteiger partial charge in [0.2, 0.25) is 11.8 Å². The van der Waals surface area contributed by atoms with Gasteiger partial charge in [-0.3, -0.25) is 4.79 Å². The standard InChI is InChI=1S/C19H19ClN2O2/c1-3-12(4-2)18(23)21-15-7-5-6-13(10-15)19-22-16-11-14(20)8-9-17(16)24-19/h5-12H,3-4H2,1-2H3,(H,21,23). The number of aromatic nitrogens is 1. The SMILES string of the molecule is CCC(CC)C(=O)Nc1cccc(-c2nc3cc(Cl)ccc3o2)c1. The molecule has 0 radical (unpaired) electrons. The highest BCUT2D eigenvalue weighted by Crippen LogP contribution is 2.28. The number of rotatable bonds is 5. The molecule has 0 saturated carbocycles. The van der Waals surface area contributed by atoms with E-state index in [-0.39, 0.29) is 11.8 Å². The molecule has 2 aromatic carbocycles. The van der Waals surface area contributed by atoms with Gasteiger partial charge in [-0.1, -0.05) is 31.5 Å². The lowest BCUT2D eigenvalue weighted by Crippen LogP contribution is -2.21. The van der Waals surface area contributed by atoms with E-state index in [4.69, 9.17) is 16.0 Å². The second-order valence-electron chi connectivity index (χ2n) is 5.71. The summed E-state index contributed by atoms with van der Waals surface area (Å²) in [4.78, 5) is 16.7. The molecule has 124 valence electrons. The second kappa shape index (κ2) is 7.05. The molecule has 0 bridgehead atoms. The topological polar surface area (TPSA) is 55.1 Å². The van der Waals surface area contributed by atoms with E-state index in [0.717, 1.165) is 24.1 Å². The van der Waals surface area contributed by atoms with Crippen LogP contribution in [0.1, 0.15) is 26.7 Å². The summed E-state index contributed by atoms with van der Waals surface area (Å²) in [5.74, 6) is 0.576. The van der Waals surface area contributed by atoms with Crippen LogP contribution in [0, 0.1) is 5.92 Å². The number of oxazole rings is 1. The number of carbonyl (C=O) groups excluding carboxylic acids is 1. The lowest BCUT2D eigenvalue weighted by Gasteiger charge is -2.13. The Balaban J connectivity index is 1.87. The fourth-order valence-corrected chi connectivity index (χ4v) is 2.82. The number of fused-ring (bicyclic) bond motifs is 1. The summed E-state index contributed by atoms with van der Waals surface area (Å²) in [6.07, 6.45) is 1.65. The predicted molar refractivity (Wildman–Crippen MR) is 97.2 cm³/mol. The van der Waals surface area contributed by atoms with Gasteiger partial charge < -0.3 is 9.73 Å². The zero-order valence-corrected chi connectivity index (χ0v) is 14.4. The highest BCUT2D eigenvalue weighted by atomic mass is 35.5. The molecule has 0 aliphatic heterocycles. The van der Waals surface area contributed by atoms with Crippen LogP contribution in [-0.4, -0.2) is 10.9 Å². The Morgan fingerprint density at radius 2 is 2.00 bits per heavy atom. The molecule has 0 fully saturated rings. The van der Waals surface area contributed by atoms with Gasteiger partial charge in [0.1, 0.15) is 5.52 Å². The Hall–Kier alpha value is -2.33. The van der Waals surface area contributed by atoms with E-state index in [1.54, 1.807) is 18.2 Å². The maximum atomic E-state index is 12.2. The van der Waals surface area contributed by atoms with E-state index >= 15 is 0 Å². The number of hydrogen-bond donors (Lipinski definition) is 1. The molecule has 0 aliphatic carbocycles. The summed E-state index contributed by atoms with van der Waals surface area (Å²) in [6, 6.07) is 12.8. The molecular weight excluding hydrogens is 324 g/mol. The van der Waals surface area contributed by atoms with Crippen molar-refractivity contribution in [2.45, 2.75) is 26.7 Å². The van der Waals surface area contributed by atoms with Crippen molar-refractivity contribution >= 4 is 34.3 Å². The second-order valence-corrected chi connectivity index (χ2v) is 6.15. The van der Waals surface area contributed by atoms with Gasteiger partial charge in [0.15, 0.2) is 5.58 Å². The van der Waals surface area contributed by atoms with Gasteiger partial charge in [-0.25, -0.2) is 4.98 Å². The fraction of sp³-hybridized carbons (Fsp3) is 0.263. The largest absolute Gasteiger partial charge is 0.436 e. The van der Waals surface area contributed by atoms with E-state index < -0.39 is 0 Å².